The van der Waals surface area contributed by atoms with Crippen molar-refractivity contribution in [1.29, 1.82) is 0 Å². The summed E-state index contributed by atoms with van der Waals surface area (Å²) in [5, 5.41) is 0. The van der Waals surface area contributed by atoms with Gasteiger partial charge in [-0.1, -0.05) is 24.3 Å². The third-order valence-corrected chi connectivity index (χ3v) is 6.03. The van der Waals surface area contributed by atoms with Gasteiger partial charge < -0.3 is 14.2 Å². The number of ether oxygens (including phenoxy) is 3. The maximum Gasteiger partial charge on any atom is 0.316 e. The Kier molecular flexibility index (Phi) is 11.9. The number of carbonyl (C=O) groups is 3. The normalized spacial score (nSPS) is 12.3. The number of hydrogen-bond donors (Lipinski definition) is 0. The van der Waals surface area contributed by atoms with Crippen LogP contribution in [0.4, 0.5) is 0 Å². The number of carbonyl (C=O) groups excluding carboxylic acids is 3. The lowest BCUT2D eigenvalue weighted by Crippen LogP contribution is -2.26. The number of esters is 2. The van der Waals surface area contributed by atoms with Gasteiger partial charge in [0.25, 0.3) is 0 Å². The highest BCUT2D eigenvalue weighted by Crippen LogP contribution is 2.39. The fraction of sp³-hybridized carbons (Fsp3) is 0.400. The van der Waals surface area contributed by atoms with Crippen molar-refractivity contribution in [2.45, 2.75) is 75.2 Å². The quantitative estimate of drug-likeness (QED) is 0.0908. The van der Waals surface area contributed by atoms with E-state index in [0.29, 0.717) is 47.8 Å². The molecule has 0 N–H and O–H groups in total. The molecule has 0 aliphatic heterocycles. The molecular weight excluding hydrogens is 516 g/mol. The van der Waals surface area contributed by atoms with Crippen LogP contribution in [0.3, 0.4) is 0 Å². The van der Waals surface area contributed by atoms with Crippen LogP contribution in [0.15, 0.2) is 60.7 Å². The van der Waals surface area contributed by atoms with Crippen LogP contribution in [0.25, 0.3) is 6.08 Å². The summed E-state index contributed by atoms with van der Waals surface area (Å²) >= 11 is 0. The SMILES string of the molecule is CC=CCc1cc(CC=CC)c(OC(=O)C(C)(C)C)c(C=CC(=O)c2ccc(OC(=O)C(C)(C)C)cc2)c1OCC. The summed E-state index contributed by atoms with van der Waals surface area (Å²) in [5.74, 6) is 0.311. The minimum Gasteiger partial charge on any atom is -0.493 e. The highest BCUT2D eigenvalue weighted by atomic mass is 16.5. The zero-order valence-electron chi connectivity index (χ0n) is 25.9. The molecule has 2 rings (SSSR count). The Morgan fingerprint density at radius 3 is 1.76 bits per heavy atom. The van der Waals surface area contributed by atoms with Crippen molar-refractivity contribution in [2.75, 3.05) is 6.61 Å². The van der Waals surface area contributed by atoms with Gasteiger partial charge in [-0.15, -0.1) is 0 Å². The van der Waals surface area contributed by atoms with Gasteiger partial charge in [-0.25, -0.2) is 0 Å². The van der Waals surface area contributed by atoms with E-state index < -0.39 is 10.8 Å². The van der Waals surface area contributed by atoms with Crippen molar-refractivity contribution in [3.8, 4) is 17.2 Å². The van der Waals surface area contributed by atoms with Crippen LogP contribution in [0, 0.1) is 10.8 Å². The lowest BCUT2D eigenvalue weighted by Gasteiger charge is -2.23. The molecule has 0 heterocycles. The van der Waals surface area contributed by atoms with E-state index in [0.717, 1.165) is 11.1 Å². The van der Waals surface area contributed by atoms with Crippen molar-refractivity contribution < 1.29 is 28.6 Å². The Morgan fingerprint density at radius 1 is 0.756 bits per heavy atom. The van der Waals surface area contributed by atoms with Gasteiger partial charge in [0, 0.05) is 5.56 Å². The summed E-state index contributed by atoms with van der Waals surface area (Å²) < 4.78 is 17.5. The molecule has 0 atom stereocenters. The van der Waals surface area contributed by atoms with Gasteiger partial charge in [-0.3, -0.25) is 14.4 Å². The third-order valence-electron chi connectivity index (χ3n) is 6.03. The molecule has 41 heavy (non-hydrogen) atoms. The van der Waals surface area contributed by atoms with E-state index in [9.17, 15) is 14.4 Å². The van der Waals surface area contributed by atoms with Gasteiger partial charge in [0.1, 0.15) is 17.2 Å². The second-order valence-corrected chi connectivity index (χ2v) is 11.7. The van der Waals surface area contributed by atoms with Crippen molar-refractivity contribution in [3.63, 3.8) is 0 Å². The Balaban J connectivity index is 2.61. The van der Waals surface area contributed by atoms with E-state index in [1.165, 1.54) is 6.08 Å². The molecule has 0 saturated heterocycles. The van der Waals surface area contributed by atoms with Gasteiger partial charge in [0.2, 0.25) is 0 Å². The van der Waals surface area contributed by atoms with E-state index in [2.05, 4.69) is 0 Å². The topological polar surface area (TPSA) is 78.9 Å². The Hall–Kier alpha value is -3.93. The lowest BCUT2D eigenvalue weighted by atomic mass is 9.95. The van der Waals surface area contributed by atoms with Crippen LogP contribution < -0.4 is 14.2 Å². The highest BCUT2D eigenvalue weighted by molar-refractivity contribution is 6.07. The molecule has 0 aliphatic rings. The Morgan fingerprint density at radius 2 is 1.27 bits per heavy atom. The second-order valence-electron chi connectivity index (χ2n) is 11.7. The minimum atomic E-state index is -0.734. The fourth-order valence-electron chi connectivity index (χ4n) is 3.62. The predicted molar refractivity (Wildman–Crippen MR) is 165 cm³/mol. The lowest BCUT2D eigenvalue weighted by molar-refractivity contribution is -0.143. The number of benzene rings is 2. The van der Waals surface area contributed by atoms with Gasteiger partial charge >= 0.3 is 11.9 Å². The van der Waals surface area contributed by atoms with Crippen molar-refractivity contribution in [3.05, 3.63) is 83.0 Å². The molecule has 6 heteroatoms. The first-order valence-corrected chi connectivity index (χ1v) is 14.0. The highest BCUT2D eigenvalue weighted by Gasteiger charge is 2.28. The van der Waals surface area contributed by atoms with Crippen LogP contribution >= 0.6 is 0 Å². The number of hydrogen-bond acceptors (Lipinski definition) is 6. The van der Waals surface area contributed by atoms with E-state index in [1.54, 1.807) is 71.9 Å². The molecule has 6 nitrogen and oxygen atoms in total. The average molecular weight is 561 g/mol. The van der Waals surface area contributed by atoms with E-state index in [-0.39, 0.29) is 17.7 Å². The maximum absolute atomic E-state index is 13.2. The second kappa shape index (κ2) is 14.6. The number of allylic oxidation sites excluding steroid dienone is 5. The molecule has 0 aromatic heterocycles. The first kappa shape index (κ1) is 33.3. The first-order valence-electron chi connectivity index (χ1n) is 14.0. The van der Waals surface area contributed by atoms with Gasteiger partial charge in [0.05, 0.1) is 23.0 Å². The summed E-state index contributed by atoms with van der Waals surface area (Å²) in [6.07, 6.45) is 12.2. The predicted octanol–water partition coefficient (Wildman–Crippen LogP) is 8.12. The molecular formula is C35H44O6. The molecule has 0 unspecified atom stereocenters. The van der Waals surface area contributed by atoms with Crippen LogP contribution in [-0.4, -0.2) is 24.3 Å². The maximum atomic E-state index is 13.2. The summed E-state index contributed by atoms with van der Waals surface area (Å²) in [7, 11) is 0. The van der Waals surface area contributed by atoms with Crippen LogP contribution in [0.5, 0.6) is 17.2 Å². The number of rotatable bonds is 11. The Bertz CT molecular complexity index is 1310. The average Bonchev–Trinajstić information content (AvgIpc) is 2.90. The monoisotopic (exact) mass is 560 g/mol. The Labute approximate surface area is 245 Å². The fourth-order valence-corrected chi connectivity index (χ4v) is 3.62. The summed E-state index contributed by atoms with van der Waals surface area (Å²) in [5.41, 5.74) is 1.33. The molecule has 2 aromatic rings. The summed E-state index contributed by atoms with van der Waals surface area (Å²) in [4.78, 5) is 38.5. The molecule has 0 amide bonds. The van der Waals surface area contributed by atoms with E-state index >= 15 is 0 Å². The van der Waals surface area contributed by atoms with Gasteiger partial charge in [-0.05, 0) is 129 Å². The molecule has 0 saturated carbocycles. The van der Waals surface area contributed by atoms with E-state index in [4.69, 9.17) is 14.2 Å². The van der Waals surface area contributed by atoms with Crippen molar-refractivity contribution >= 4 is 23.8 Å². The zero-order chi connectivity index (χ0) is 30.8. The molecule has 0 radical (unpaired) electrons. The molecule has 0 aliphatic carbocycles. The van der Waals surface area contributed by atoms with Crippen molar-refractivity contribution in [2.24, 2.45) is 10.8 Å². The number of ketones is 1. The first-order chi connectivity index (χ1) is 19.2. The molecule has 0 bridgehead atoms. The summed E-state index contributed by atoms with van der Waals surface area (Å²) in [6, 6.07) is 8.43. The molecule has 2 aromatic carbocycles. The van der Waals surface area contributed by atoms with E-state index in [1.807, 2.05) is 51.1 Å². The van der Waals surface area contributed by atoms with Gasteiger partial charge in [0.15, 0.2) is 5.78 Å². The third kappa shape index (κ3) is 9.59. The van der Waals surface area contributed by atoms with Crippen molar-refractivity contribution in [1.82, 2.24) is 0 Å². The van der Waals surface area contributed by atoms with Crippen LogP contribution in [-0.2, 0) is 22.4 Å². The smallest absolute Gasteiger partial charge is 0.316 e. The zero-order valence-corrected chi connectivity index (χ0v) is 25.9. The minimum absolute atomic E-state index is 0.261. The van der Waals surface area contributed by atoms with Crippen LogP contribution in [0.1, 0.15) is 89.4 Å². The van der Waals surface area contributed by atoms with Crippen LogP contribution in [0.2, 0.25) is 0 Å². The molecule has 220 valence electrons. The molecule has 0 fully saturated rings. The van der Waals surface area contributed by atoms with Gasteiger partial charge in [-0.2, -0.15) is 0 Å². The summed E-state index contributed by atoms with van der Waals surface area (Å²) in [6.45, 7) is 16.9. The molecule has 0 spiro atoms. The largest absolute Gasteiger partial charge is 0.493 e. The standard InChI is InChI=1S/C35H44O6/c1-10-13-15-25-23-26(16-14-11-2)31(41-33(38)35(7,8)9)28(30(25)39-12-3)21-22-29(36)24-17-19-27(20-18-24)40-32(37)34(4,5)6/h10-11,13-14,17-23H,12,15-16H2,1-9H3.